The van der Waals surface area contributed by atoms with E-state index in [0.717, 1.165) is 23.4 Å². The number of anilines is 2. The molecule has 2 atom stereocenters. The largest absolute Gasteiger partial charge is 0.378 e. The molecule has 4 heteroatoms. The van der Waals surface area contributed by atoms with Crippen molar-refractivity contribution in [1.82, 2.24) is 0 Å². The van der Waals surface area contributed by atoms with Crippen LogP contribution in [0, 0.1) is 12.8 Å². The minimum absolute atomic E-state index is 0.116. The van der Waals surface area contributed by atoms with Crippen LogP contribution in [0.15, 0.2) is 18.2 Å². The predicted molar refractivity (Wildman–Crippen MR) is 81.6 cm³/mol. The van der Waals surface area contributed by atoms with Crippen LogP contribution in [0.1, 0.15) is 25.8 Å². The van der Waals surface area contributed by atoms with E-state index in [1.54, 1.807) is 0 Å². The zero-order valence-corrected chi connectivity index (χ0v) is 12.5. The van der Waals surface area contributed by atoms with Gasteiger partial charge in [0.1, 0.15) is 0 Å². The van der Waals surface area contributed by atoms with Crippen molar-refractivity contribution >= 4 is 17.3 Å². The Labute approximate surface area is 116 Å². The fraction of sp³-hybridized carbons (Fsp3) is 0.533. The molecular formula is C15H25N3O. The summed E-state index contributed by atoms with van der Waals surface area (Å²) in [6.45, 7) is 6.01. The van der Waals surface area contributed by atoms with Gasteiger partial charge in [-0.15, -0.1) is 0 Å². The molecule has 0 aromatic heterocycles. The Hall–Kier alpha value is -1.55. The van der Waals surface area contributed by atoms with Crippen LogP contribution in [0.5, 0.6) is 0 Å². The number of hydrogen-bond donors (Lipinski definition) is 2. The Bertz CT molecular complexity index is 443. The summed E-state index contributed by atoms with van der Waals surface area (Å²) < 4.78 is 0. The third-order valence-corrected chi connectivity index (χ3v) is 3.54. The summed E-state index contributed by atoms with van der Waals surface area (Å²) in [5, 5.41) is 2.91. The van der Waals surface area contributed by atoms with Gasteiger partial charge in [-0.1, -0.05) is 20.3 Å². The molecule has 1 aromatic carbocycles. The van der Waals surface area contributed by atoms with E-state index in [9.17, 15) is 4.79 Å². The van der Waals surface area contributed by atoms with Crippen molar-refractivity contribution in [3.63, 3.8) is 0 Å². The lowest BCUT2D eigenvalue weighted by Crippen LogP contribution is -2.40. The van der Waals surface area contributed by atoms with Gasteiger partial charge in [-0.2, -0.15) is 0 Å². The van der Waals surface area contributed by atoms with E-state index in [4.69, 9.17) is 5.73 Å². The van der Waals surface area contributed by atoms with Crippen LogP contribution in [-0.4, -0.2) is 26.0 Å². The number of hydrogen-bond acceptors (Lipinski definition) is 3. The molecule has 0 radical (unpaired) electrons. The summed E-state index contributed by atoms with van der Waals surface area (Å²) in [5.74, 6) is 0.0661. The molecule has 0 heterocycles. The number of amides is 1. The first-order valence-electron chi connectivity index (χ1n) is 6.71. The topological polar surface area (TPSA) is 58.4 Å². The standard InChI is InChI=1S/C15H25N3O/c1-6-10(2)14(16)15(19)17-13-8-7-12(18(4)5)9-11(13)3/h7-10,14H,6,16H2,1-5H3,(H,17,19)/t10?,14-/m0/s1. The fourth-order valence-corrected chi connectivity index (χ4v) is 1.79. The second-order valence-corrected chi connectivity index (χ2v) is 5.29. The molecule has 1 unspecified atom stereocenters. The molecule has 0 aliphatic carbocycles. The molecule has 0 spiro atoms. The smallest absolute Gasteiger partial charge is 0.241 e. The van der Waals surface area contributed by atoms with E-state index in [-0.39, 0.29) is 11.8 Å². The van der Waals surface area contributed by atoms with Crippen molar-refractivity contribution in [1.29, 1.82) is 0 Å². The van der Waals surface area contributed by atoms with Crippen LogP contribution in [0.3, 0.4) is 0 Å². The van der Waals surface area contributed by atoms with E-state index in [1.165, 1.54) is 0 Å². The normalized spacial score (nSPS) is 13.8. The van der Waals surface area contributed by atoms with Crippen molar-refractivity contribution in [2.45, 2.75) is 33.2 Å². The number of rotatable bonds is 5. The quantitative estimate of drug-likeness (QED) is 0.857. The second kappa shape index (κ2) is 6.57. The van der Waals surface area contributed by atoms with Crippen LogP contribution in [0.2, 0.25) is 0 Å². The monoisotopic (exact) mass is 263 g/mol. The van der Waals surface area contributed by atoms with Gasteiger partial charge >= 0.3 is 0 Å². The Balaban J connectivity index is 2.80. The van der Waals surface area contributed by atoms with E-state index in [0.29, 0.717) is 0 Å². The number of nitrogens with one attached hydrogen (secondary N) is 1. The number of nitrogens with zero attached hydrogens (tertiary/aromatic N) is 1. The van der Waals surface area contributed by atoms with Crippen LogP contribution < -0.4 is 16.0 Å². The average molecular weight is 263 g/mol. The summed E-state index contributed by atoms with van der Waals surface area (Å²) in [6, 6.07) is 5.49. The maximum absolute atomic E-state index is 12.0. The van der Waals surface area contributed by atoms with Gasteiger partial charge in [-0.3, -0.25) is 4.79 Å². The zero-order valence-electron chi connectivity index (χ0n) is 12.5. The Morgan fingerprint density at radius 1 is 1.42 bits per heavy atom. The molecular weight excluding hydrogens is 238 g/mol. The SMILES string of the molecule is CCC(C)[C@H](N)C(=O)Nc1ccc(N(C)C)cc1C. The first-order chi connectivity index (χ1) is 8.86. The summed E-state index contributed by atoms with van der Waals surface area (Å²) in [7, 11) is 3.98. The summed E-state index contributed by atoms with van der Waals surface area (Å²) in [6.07, 6.45) is 0.896. The molecule has 0 saturated carbocycles. The van der Waals surface area contributed by atoms with Gasteiger partial charge in [0.15, 0.2) is 0 Å². The van der Waals surface area contributed by atoms with Crippen molar-refractivity contribution in [3.8, 4) is 0 Å². The Kier molecular flexibility index (Phi) is 5.36. The molecule has 0 fully saturated rings. The first kappa shape index (κ1) is 15.5. The molecule has 3 N–H and O–H groups in total. The van der Waals surface area contributed by atoms with Crippen LogP contribution in [0.25, 0.3) is 0 Å². The lowest BCUT2D eigenvalue weighted by molar-refractivity contribution is -0.118. The number of aryl methyl sites for hydroxylation is 1. The number of carbonyl (C=O) groups is 1. The summed E-state index contributed by atoms with van der Waals surface area (Å²) >= 11 is 0. The summed E-state index contributed by atoms with van der Waals surface area (Å²) in [4.78, 5) is 14.1. The molecule has 4 nitrogen and oxygen atoms in total. The van der Waals surface area contributed by atoms with Crippen molar-refractivity contribution in [3.05, 3.63) is 23.8 Å². The van der Waals surface area contributed by atoms with Gasteiger partial charge in [0, 0.05) is 25.5 Å². The van der Waals surface area contributed by atoms with Crippen LogP contribution >= 0.6 is 0 Å². The van der Waals surface area contributed by atoms with Crippen molar-refractivity contribution in [2.75, 3.05) is 24.3 Å². The maximum Gasteiger partial charge on any atom is 0.241 e. The van der Waals surface area contributed by atoms with Crippen molar-refractivity contribution in [2.24, 2.45) is 11.7 Å². The fourth-order valence-electron chi connectivity index (χ4n) is 1.79. The van der Waals surface area contributed by atoms with Gasteiger partial charge in [0.25, 0.3) is 0 Å². The maximum atomic E-state index is 12.0. The highest BCUT2D eigenvalue weighted by atomic mass is 16.2. The zero-order chi connectivity index (χ0) is 14.6. The van der Waals surface area contributed by atoms with E-state index in [2.05, 4.69) is 5.32 Å². The van der Waals surface area contributed by atoms with Gasteiger partial charge in [0.05, 0.1) is 6.04 Å². The second-order valence-electron chi connectivity index (χ2n) is 5.29. The highest BCUT2D eigenvalue weighted by Gasteiger charge is 2.19. The molecule has 1 rings (SSSR count). The number of nitrogens with two attached hydrogens (primary N) is 1. The number of benzene rings is 1. The lowest BCUT2D eigenvalue weighted by atomic mass is 9.99. The van der Waals surface area contributed by atoms with Crippen molar-refractivity contribution < 1.29 is 4.79 Å². The Morgan fingerprint density at radius 2 is 2.05 bits per heavy atom. The van der Waals surface area contributed by atoms with Gasteiger partial charge in [0.2, 0.25) is 5.91 Å². The lowest BCUT2D eigenvalue weighted by Gasteiger charge is -2.19. The minimum Gasteiger partial charge on any atom is -0.378 e. The minimum atomic E-state index is -0.460. The molecule has 1 aromatic rings. The van der Waals surface area contributed by atoms with Gasteiger partial charge in [-0.25, -0.2) is 0 Å². The van der Waals surface area contributed by atoms with Gasteiger partial charge in [-0.05, 0) is 36.6 Å². The predicted octanol–water partition coefficient (Wildman–Crippen LogP) is 2.37. The highest BCUT2D eigenvalue weighted by Crippen LogP contribution is 2.21. The first-order valence-corrected chi connectivity index (χ1v) is 6.71. The Morgan fingerprint density at radius 3 is 2.53 bits per heavy atom. The van der Waals surface area contributed by atoms with Crippen LogP contribution in [0.4, 0.5) is 11.4 Å². The molecule has 0 bridgehead atoms. The third kappa shape index (κ3) is 3.96. The third-order valence-electron chi connectivity index (χ3n) is 3.54. The van der Waals surface area contributed by atoms with Crippen LogP contribution in [-0.2, 0) is 4.79 Å². The molecule has 0 saturated heterocycles. The average Bonchev–Trinajstić information content (AvgIpc) is 2.38. The molecule has 0 aliphatic rings. The number of carbonyl (C=O) groups excluding carboxylic acids is 1. The molecule has 0 aliphatic heterocycles. The van der Waals surface area contributed by atoms with Gasteiger partial charge < -0.3 is 16.0 Å². The van der Waals surface area contributed by atoms with E-state index in [1.807, 2.05) is 58.0 Å². The van der Waals surface area contributed by atoms with E-state index >= 15 is 0 Å². The molecule has 106 valence electrons. The highest BCUT2D eigenvalue weighted by molar-refractivity contribution is 5.95. The van der Waals surface area contributed by atoms with E-state index < -0.39 is 6.04 Å². The molecule has 19 heavy (non-hydrogen) atoms. The molecule has 1 amide bonds. The summed E-state index contributed by atoms with van der Waals surface area (Å²) in [5.41, 5.74) is 8.91.